The molecule has 1 aliphatic heterocycles. The van der Waals surface area contributed by atoms with Gasteiger partial charge in [0, 0.05) is 45.0 Å². The van der Waals surface area contributed by atoms with Crippen LogP contribution in [0.1, 0.15) is 49.4 Å². The summed E-state index contributed by atoms with van der Waals surface area (Å²) in [4.78, 5) is 25.5. The lowest BCUT2D eigenvalue weighted by atomic mass is 9.98. The summed E-state index contributed by atoms with van der Waals surface area (Å²) < 4.78 is 5.58. The minimum Gasteiger partial charge on any atom is -0.381 e. The van der Waals surface area contributed by atoms with Gasteiger partial charge in [-0.05, 0) is 50.0 Å². The number of rotatable bonds is 9. The SMILES string of the molecule is CC1CCN(c2ccc([N+](=O)[O-])cc2C(=O)NCCCOCC2CC2)CC1. The maximum absolute atomic E-state index is 12.7. The highest BCUT2D eigenvalue weighted by molar-refractivity contribution is 6.00. The van der Waals surface area contributed by atoms with E-state index in [1.807, 2.05) is 0 Å². The number of non-ortho nitro benzene ring substituents is 1. The van der Waals surface area contributed by atoms with Crippen molar-refractivity contribution in [1.29, 1.82) is 0 Å². The fourth-order valence-electron chi connectivity index (χ4n) is 3.35. The molecule has 7 heteroatoms. The topological polar surface area (TPSA) is 84.7 Å². The Morgan fingerprint density at radius 3 is 2.70 bits per heavy atom. The molecule has 7 nitrogen and oxygen atoms in total. The van der Waals surface area contributed by atoms with Crippen molar-refractivity contribution in [3.8, 4) is 0 Å². The van der Waals surface area contributed by atoms with Crippen LogP contribution in [0.2, 0.25) is 0 Å². The Morgan fingerprint density at radius 1 is 1.30 bits per heavy atom. The lowest BCUT2D eigenvalue weighted by Crippen LogP contribution is -2.35. The molecule has 0 spiro atoms. The van der Waals surface area contributed by atoms with Gasteiger partial charge in [0.2, 0.25) is 0 Å². The van der Waals surface area contributed by atoms with Crippen LogP contribution in [-0.2, 0) is 4.74 Å². The number of carbonyl (C=O) groups is 1. The van der Waals surface area contributed by atoms with Gasteiger partial charge in [0.15, 0.2) is 0 Å². The second kappa shape index (κ2) is 9.17. The molecule has 0 aromatic heterocycles. The Hall–Kier alpha value is -2.15. The van der Waals surface area contributed by atoms with E-state index in [-0.39, 0.29) is 11.6 Å². The first-order valence-electron chi connectivity index (χ1n) is 9.94. The van der Waals surface area contributed by atoms with Gasteiger partial charge in [-0.15, -0.1) is 0 Å². The number of piperidine rings is 1. The smallest absolute Gasteiger partial charge is 0.270 e. The number of nitro benzene ring substituents is 1. The van der Waals surface area contributed by atoms with Gasteiger partial charge in [0.25, 0.3) is 11.6 Å². The fraction of sp³-hybridized carbons (Fsp3) is 0.650. The van der Waals surface area contributed by atoms with Gasteiger partial charge in [0.05, 0.1) is 16.2 Å². The highest BCUT2D eigenvalue weighted by atomic mass is 16.6. The predicted octanol–water partition coefficient (Wildman–Crippen LogP) is 3.38. The van der Waals surface area contributed by atoms with Crippen LogP contribution in [0.5, 0.6) is 0 Å². The number of ether oxygens (including phenoxy) is 1. The molecule has 3 rings (SSSR count). The van der Waals surface area contributed by atoms with Crippen LogP contribution in [0.15, 0.2) is 18.2 Å². The first kappa shape index (κ1) is 19.6. The van der Waals surface area contributed by atoms with E-state index in [9.17, 15) is 14.9 Å². The molecule has 1 aromatic carbocycles. The van der Waals surface area contributed by atoms with E-state index < -0.39 is 4.92 Å². The molecule has 1 amide bonds. The minimum absolute atomic E-state index is 0.0537. The molecule has 0 unspecified atom stereocenters. The molecular formula is C20H29N3O4. The maximum Gasteiger partial charge on any atom is 0.270 e. The molecule has 0 bridgehead atoms. The summed E-state index contributed by atoms with van der Waals surface area (Å²) in [5.74, 6) is 1.15. The number of anilines is 1. The Kier molecular flexibility index (Phi) is 6.66. The fourth-order valence-corrected chi connectivity index (χ4v) is 3.35. The van der Waals surface area contributed by atoms with Crippen LogP contribution in [0.4, 0.5) is 11.4 Å². The molecule has 1 saturated heterocycles. The number of carbonyl (C=O) groups excluding carboxylic acids is 1. The van der Waals surface area contributed by atoms with Gasteiger partial charge in [-0.3, -0.25) is 14.9 Å². The minimum atomic E-state index is -0.454. The Labute approximate surface area is 160 Å². The van der Waals surface area contributed by atoms with E-state index in [0.29, 0.717) is 24.6 Å². The van der Waals surface area contributed by atoms with Crippen LogP contribution < -0.4 is 10.2 Å². The third-order valence-corrected chi connectivity index (χ3v) is 5.36. The summed E-state index contributed by atoms with van der Waals surface area (Å²) in [5, 5.41) is 14.0. The molecule has 1 heterocycles. The number of benzene rings is 1. The van der Waals surface area contributed by atoms with Crippen LogP contribution in [0, 0.1) is 22.0 Å². The molecule has 1 N–H and O–H groups in total. The first-order chi connectivity index (χ1) is 13.0. The maximum atomic E-state index is 12.7. The standard InChI is InChI=1S/C20H29N3O4/c1-15-7-10-22(11-8-15)19-6-5-17(23(25)26)13-18(19)20(24)21-9-2-12-27-14-16-3-4-16/h5-6,13,15-16H,2-4,7-12,14H2,1H3,(H,21,24). The number of amides is 1. The molecule has 27 heavy (non-hydrogen) atoms. The van der Waals surface area contributed by atoms with Crippen molar-refractivity contribution >= 4 is 17.3 Å². The molecule has 1 aromatic rings. The van der Waals surface area contributed by atoms with Crippen molar-refractivity contribution in [2.24, 2.45) is 11.8 Å². The normalized spacial score (nSPS) is 17.7. The largest absolute Gasteiger partial charge is 0.381 e. The lowest BCUT2D eigenvalue weighted by molar-refractivity contribution is -0.384. The molecule has 2 aliphatic rings. The van der Waals surface area contributed by atoms with E-state index in [0.717, 1.165) is 50.6 Å². The summed E-state index contributed by atoms with van der Waals surface area (Å²) in [5.41, 5.74) is 1.12. The van der Waals surface area contributed by atoms with Crippen molar-refractivity contribution in [2.45, 2.75) is 39.0 Å². The molecule has 1 saturated carbocycles. The summed E-state index contributed by atoms with van der Waals surface area (Å²) >= 11 is 0. The van der Waals surface area contributed by atoms with E-state index in [2.05, 4.69) is 17.1 Å². The van der Waals surface area contributed by atoms with Gasteiger partial charge in [0.1, 0.15) is 0 Å². The second-order valence-corrected chi connectivity index (χ2v) is 7.76. The van der Waals surface area contributed by atoms with Crippen LogP contribution in [0.3, 0.4) is 0 Å². The van der Waals surface area contributed by atoms with Crippen LogP contribution in [-0.4, -0.2) is 43.7 Å². The van der Waals surface area contributed by atoms with Gasteiger partial charge in [-0.25, -0.2) is 0 Å². The monoisotopic (exact) mass is 375 g/mol. The van der Waals surface area contributed by atoms with Crippen molar-refractivity contribution in [3.05, 3.63) is 33.9 Å². The zero-order chi connectivity index (χ0) is 19.2. The van der Waals surface area contributed by atoms with Crippen molar-refractivity contribution in [1.82, 2.24) is 5.32 Å². The summed E-state index contributed by atoms with van der Waals surface area (Å²) in [7, 11) is 0. The first-order valence-corrected chi connectivity index (χ1v) is 9.94. The average Bonchev–Trinajstić information content (AvgIpc) is 3.49. The Balaban J connectivity index is 1.60. The third-order valence-electron chi connectivity index (χ3n) is 5.36. The third kappa shape index (κ3) is 5.66. The molecule has 1 aliphatic carbocycles. The highest BCUT2D eigenvalue weighted by Crippen LogP contribution is 2.30. The quantitative estimate of drug-likeness (QED) is 0.406. The number of hydrogen-bond donors (Lipinski definition) is 1. The number of hydrogen-bond acceptors (Lipinski definition) is 5. The van der Waals surface area contributed by atoms with E-state index in [1.54, 1.807) is 6.07 Å². The predicted molar refractivity (Wildman–Crippen MR) is 104 cm³/mol. The van der Waals surface area contributed by atoms with Gasteiger partial charge in [-0.2, -0.15) is 0 Å². The summed E-state index contributed by atoms with van der Waals surface area (Å²) in [6.45, 7) is 5.91. The van der Waals surface area contributed by atoms with Crippen LogP contribution >= 0.6 is 0 Å². The van der Waals surface area contributed by atoms with Gasteiger partial charge in [-0.1, -0.05) is 6.92 Å². The lowest BCUT2D eigenvalue weighted by Gasteiger charge is -2.33. The Morgan fingerprint density at radius 2 is 2.04 bits per heavy atom. The zero-order valence-electron chi connectivity index (χ0n) is 16.0. The second-order valence-electron chi connectivity index (χ2n) is 7.76. The van der Waals surface area contributed by atoms with Crippen LogP contribution in [0.25, 0.3) is 0 Å². The highest BCUT2D eigenvalue weighted by Gasteiger charge is 2.23. The molecular weight excluding hydrogens is 346 g/mol. The molecule has 2 fully saturated rings. The molecule has 148 valence electrons. The van der Waals surface area contributed by atoms with Gasteiger partial charge >= 0.3 is 0 Å². The van der Waals surface area contributed by atoms with E-state index >= 15 is 0 Å². The van der Waals surface area contributed by atoms with Crippen molar-refractivity contribution in [2.75, 3.05) is 37.7 Å². The zero-order valence-corrected chi connectivity index (χ0v) is 16.0. The van der Waals surface area contributed by atoms with Crippen molar-refractivity contribution < 1.29 is 14.5 Å². The molecule has 0 radical (unpaired) electrons. The van der Waals surface area contributed by atoms with Gasteiger partial charge < -0.3 is 15.0 Å². The number of nitrogens with zero attached hydrogens (tertiary/aromatic N) is 2. The van der Waals surface area contributed by atoms with E-state index in [4.69, 9.17) is 4.74 Å². The number of nitrogens with one attached hydrogen (secondary N) is 1. The Bertz CT molecular complexity index is 667. The van der Waals surface area contributed by atoms with Crippen molar-refractivity contribution in [3.63, 3.8) is 0 Å². The molecule has 0 atom stereocenters. The number of nitro groups is 1. The average molecular weight is 375 g/mol. The summed E-state index contributed by atoms with van der Waals surface area (Å²) in [6.07, 6.45) is 5.40. The summed E-state index contributed by atoms with van der Waals surface area (Å²) in [6, 6.07) is 4.59. The van der Waals surface area contributed by atoms with E-state index in [1.165, 1.54) is 25.0 Å².